The van der Waals surface area contributed by atoms with E-state index in [1.807, 2.05) is 32.0 Å². The number of benzene rings is 1. The number of nitrogens with zero attached hydrogens (tertiary/aromatic N) is 1. The second-order valence-electron chi connectivity index (χ2n) is 4.26. The Morgan fingerprint density at radius 2 is 2.11 bits per heavy atom. The van der Waals surface area contributed by atoms with E-state index in [9.17, 15) is 4.39 Å². The summed E-state index contributed by atoms with van der Waals surface area (Å²) in [5.41, 5.74) is 6.20. The number of hydrogen-bond donors (Lipinski definition) is 1. The molecule has 0 saturated heterocycles. The lowest BCUT2D eigenvalue weighted by Crippen LogP contribution is -2.07. The largest absolute Gasteiger partial charge is 0.488 e. The third kappa shape index (κ3) is 3.61. The summed E-state index contributed by atoms with van der Waals surface area (Å²) in [6, 6.07) is 8.50. The van der Waals surface area contributed by atoms with Gasteiger partial charge in [0.2, 0.25) is 0 Å². The highest BCUT2D eigenvalue weighted by molar-refractivity contribution is 7.99. The van der Waals surface area contributed by atoms with Crippen molar-refractivity contribution in [2.75, 3.05) is 5.73 Å². The van der Waals surface area contributed by atoms with Crippen LogP contribution >= 0.6 is 11.8 Å². The van der Waals surface area contributed by atoms with Gasteiger partial charge in [0.05, 0.1) is 6.10 Å². The quantitative estimate of drug-likeness (QED) is 0.865. The number of aromatic nitrogens is 1. The molecule has 0 bridgehead atoms. The molecular weight excluding hydrogens is 263 g/mol. The molecule has 0 aliphatic rings. The monoisotopic (exact) mass is 278 g/mol. The fourth-order valence-electron chi connectivity index (χ4n) is 1.50. The molecule has 0 atom stereocenters. The summed E-state index contributed by atoms with van der Waals surface area (Å²) in [5.74, 6) is -0.237. The van der Waals surface area contributed by atoms with Crippen molar-refractivity contribution in [3.63, 3.8) is 0 Å². The van der Waals surface area contributed by atoms with E-state index in [0.29, 0.717) is 5.69 Å². The van der Waals surface area contributed by atoms with Gasteiger partial charge < -0.3 is 10.5 Å². The Balaban J connectivity index is 2.29. The van der Waals surface area contributed by atoms with E-state index in [0.717, 1.165) is 9.92 Å². The minimum Gasteiger partial charge on any atom is -0.488 e. The molecule has 2 N–H and O–H groups in total. The lowest BCUT2D eigenvalue weighted by atomic mass is 10.3. The molecule has 0 aliphatic heterocycles. The van der Waals surface area contributed by atoms with Crippen LogP contribution in [0, 0.1) is 5.82 Å². The Hall–Kier alpha value is -1.75. The van der Waals surface area contributed by atoms with Gasteiger partial charge in [0.25, 0.3) is 0 Å². The van der Waals surface area contributed by atoms with Gasteiger partial charge in [-0.1, -0.05) is 17.8 Å². The number of hydrogen-bond acceptors (Lipinski definition) is 4. The van der Waals surface area contributed by atoms with Gasteiger partial charge in [-0.2, -0.15) is 0 Å². The summed E-state index contributed by atoms with van der Waals surface area (Å²) in [6.07, 6.45) is 1.61. The molecule has 1 aromatic heterocycles. The molecule has 0 spiro atoms. The van der Waals surface area contributed by atoms with E-state index >= 15 is 0 Å². The van der Waals surface area contributed by atoms with E-state index in [-0.39, 0.29) is 11.9 Å². The first-order valence-corrected chi connectivity index (χ1v) is 6.72. The molecule has 1 aromatic carbocycles. The van der Waals surface area contributed by atoms with Gasteiger partial charge in [0.15, 0.2) is 11.6 Å². The number of anilines is 1. The highest BCUT2D eigenvalue weighted by atomic mass is 32.2. The summed E-state index contributed by atoms with van der Waals surface area (Å²) in [4.78, 5) is 4.93. The van der Waals surface area contributed by atoms with E-state index in [4.69, 9.17) is 10.5 Å². The van der Waals surface area contributed by atoms with Crippen molar-refractivity contribution < 1.29 is 9.13 Å². The van der Waals surface area contributed by atoms with Gasteiger partial charge >= 0.3 is 0 Å². The zero-order chi connectivity index (χ0) is 13.8. The molecular formula is C14H15FN2OS. The molecule has 100 valence electrons. The summed E-state index contributed by atoms with van der Waals surface area (Å²) < 4.78 is 19.1. The van der Waals surface area contributed by atoms with Crippen molar-refractivity contribution in [2.45, 2.75) is 29.9 Å². The number of ether oxygens (including phenoxy) is 1. The van der Waals surface area contributed by atoms with Crippen LogP contribution in [0.5, 0.6) is 5.75 Å². The van der Waals surface area contributed by atoms with Crippen molar-refractivity contribution >= 4 is 17.4 Å². The second kappa shape index (κ2) is 5.93. The Morgan fingerprint density at radius 1 is 1.32 bits per heavy atom. The lowest BCUT2D eigenvalue weighted by molar-refractivity contribution is 0.230. The molecule has 3 nitrogen and oxygen atoms in total. The Labute approximate surface area is 116 Å². The normalized spacial score (nSPS) is 10.7. The lowest BCUT2D eigenvalue weighted by Gasteiger charge is -2.13. The fourth-order valence-corrected chi connectivity index (χ4v) is 2.33. The highest BCUT2D eigenvalue weighted by Gasteiger charge is 2.12. The van der Waals surface area contributed by atoms with Crippen LogP contribution in [0.1, 0.15) is 13.8 Å². The summed E-state index contributed by atoms with van der Waals surface area (Å²) in [6.45, 7) is 3.70. The number of rotatable bonds is 4. The van der Waals surface area contributed by atoms with Gasteiger partial charge in [0.1, 0.15) is 5.03 Å². The maximum absolute atomic E-state index is 13.7. The van der Waals surface area contributed by atoms with Gasteiger partial charge in [0, 0.05) is 22.8 Å². The standard InChI is InChI=1S/C14H15FN2OS/c1-9(2)18-12-8-13(11(16)7-10(12)15)19-14-5-3-4-6-17-14/h3-9H,16H2,1-2H3. The molecule has 1 heterocycles. The van der Waals surface area contributed by atoms with Gasteiger partial charge in [-0.15, -0.1) is 0 Å². The van der Waals surface area contributed by atoms with Crippen LogP contribution in [0.15, 0.2) is 46.5 Å². The summed E-state index contributed by atoms with van der Waals surface area (Å²) in [7, 11) is 0. The van der Waals surface area contributed by atoms with Gasteiger partial charge in [-0.3, -0.25) is 0 Å². The molecule has 0 amide bonds. The van der Waals surface area contributed by atoms with Crippen molar-refractivity contribution in [3.8, 4) is 5.75 Å². The first kappa shape index (κ1) is 13.7. The molecule has 0 fully saturated rings. The zero-order valence-electron chi connectivity index (χ0n) is 10.8. The number of halogens is 1. The second-order valence-corrected chi connectivity index (χ2v) is 5.32. The first-order valence-electron chi connectivity index (χ1n) is 5.91. The maximum atomic E-state index is 13.7. The van der Waals surface area contributed by atoms with Crippen LogP contribution in [0.4, 0.5) is 10.1 Å². The maximum Gasteiger partial charge on any atom is 0.167 e. The van der Waals surface area contributed by atoms with E-state index in [2.05, 4.69) is 4.98 Å². The minimum absolute atomic E-state index is 0.0918. The average Bonchev–Trinajstić information content (AvgIpc) is 2.36. The molecule has 0 radical (unpaired) electrons. The molecule has 19 heavy (non-hydrogen) atoms. The van der Waals surface area contributed by atoms with E-state index < -0.39 is 5.82 Å². The number of nitrogen functional groups attached to an aromatic ring is 1. The summed E-state index contributed by atoms with van der Waals surface area (Å²) >= 11 is 1.38. The van der Waals surface area contributed by atoms with Crippen LogP contribution in [0.3, 0.4) is 0 Å². The molecule has 0 saturated carbocycles. The van der Waals surface area contributed by atoms with Crippen LogP contribution in [-0.4, -0.2) is 11.1 Å². The predicted octanol–water partition coefficient (Wildman–Crippen LogP) is 3.74. The van der Waals surface area contributed by atoms with Crippen molar-refractivity contribution in [2.24, 2.45) is 0 Å². The Kier molecular flexibility index (Phi) is 4.27. The van der Waals surface area contributed by atoms with Crippen molar-refractivity contribution in [1.82, 2.24) is 4.98 Å². The first-order chi connectivity index (χ1) is 9.06. The molecule has 0 aliphatic carbocycles. The number of pyridine rings is 1. The molecule has 5 heteroatoms. The third-order valence-corrected chi connectivity index (χ3v) is 3.30. The molecule has 2 aromatic rings. The highest BCUT2D eigenvalue weighted by Crippen LogP contribution is 2.35. The Bertz CT molecular complexity index is 561. The Morgan fingerprint density at radius 3 is 2.74 bits per heavy atom. The third-order valence-electron chi connectivity index (χ3n) is 2.28. The fraction of sp³-hybridized carbons (Fsp3) is 0.214. The van der Waals surface area contributed by atoms with Gasteiger partial charge in [-0.25, -0.2) is 9.37 Å². The van der Waals surface area contributed by atoms with Crippen molar-refractivity contribution in [1.29, 1.82) is 0 Å². The van der Waals surface area contributed by atoms with Crippen LogP contribution < -0.4 is 10.5 Å². The van der Waals surface area contributed by atoms with E-state index in [1.165, 1.54) is 17.8 Å². The smallest absolute Gasteiger partial charge is 0.167 e. The van der Waals surface area contributed by atoms with Gasteiger partial charge in [-0.05, 0) is 32.0 Å². The average molecular weight is 278 g/mol. The van der Waals surface area contributed by atoms with Crippen molar-refractivity contribution in [3.05, 3.63) is 42.3 Å². The SMILES string of the molecule is CC(C)Oc1cc(Sc2ccccn2)c(N)cc1F. The molecule has 0 unspecified atom stereocenters. The summed E-state index contributed by atoms with van der Waals surface area (Å²) in [5, 5.41) is 0.802. The predicted molar refractivity (Wildman–Crippen MR) is 74.9 cm³/mol. The van der Waals surface area contributed by atoms with Crippen LogP contribution in [-0.2, 0) is 0 Å². The topological polar surface area (TPSA) is 48.1 Å². The zero-order valence-corrected chi connectivity index (χ0v) is 11.6. The minimum atomic E-state index is -0.448. The molecule has 2 rings (SSSR count). The van der Waals surface area contributed by atoms with Crippen LogP contribution in [0.25, 0.3) is 0 Å². The number of nitrogens with two attached hydrogens (primary N) is 1. The van der Waals surface area contributed by atoms with E-state index in [1.54, 1.807) is 12.3 Å². The van der Waals surface area contributed by atoms with Crippen LogP contribution in [0.2, 0.25) is 0 Å².